The second-order valence-corrected chi connectivity index (χ2v) is 4.48. The van der Waals surface area contributed by atoms with Gasteiger partial charge in [0.2, 0.25) is 0 Å². The highest BCUT2D eigenvalue weighted by Crippen LogP contribution is 2.20. The lowest BCUT2D eigenvalue weighted by Crippen LogP contribution is -1.89. The van der Waals surface area contributed by atoms with Gasteiger partial charge in [0.25, 0.3) is 0 Å². The van der Waals surface area contributed by atoms with Crippen LogP contribution in [-0.2, 0) is 0 Å². The van der Waals surface area contributed by atoms with Gasteiger partial charge in [-0.3, -0.25) is 0 Å². The van der Waals surface area contributed by atoms with Crippen LogP contribution in [0.2, 0.25) is 0 Å². The van der Waals surface area contributed by atoms with Crippen molar-refractivity contribution in [2.24, 2.45) is 0 Å². The molecule has 0 atom stereocenters. The predicted molar refractivity (Wildman–Crippen MR) is 75.5 cm³/mol. The summed E-state index contributed by atoms with van der Waals surface area (Å²) in [5, 5.41) is 0. The van der Waals surface area contributed by atoms with E-state index in [-0.39, 0.29) is 0 Å². The van der Waals surface area contributed by atoms with Crippen LogP contribution in [0.3, 0.4) is 0 Å². The maximum Gasteiger partial charge on any atom is -0.00675 e. The average molecular weight is 216 g/mol. The fraction of sp³-hybridized carbons (Fsp3) is 0.375. The van der Waals surface area contributed by atoms with Crippen molar-refractivity contribution in [3.05, 3.63) is 59.3 Å². The highest BCUT2D eigenvalue weighted by Gasteiger charge is 2.01. The molecule has 0 aromatic rings. The molecular weight excluding hydrogens is 192 g/mol. The van der Waals surface area contributed by atoms with Crippen molar-refractivity contribution in [3.63, 3.8) is 0 Å². The summed E-state index contributed by atoms with van der Waals surface area (Å²) >= 11 is 0. The Balaban J connectivity index is 4.71. The third-order valence-corrected chi connectivity index (χ3v) is 2.60. The van der Waals surface area contributed by atoms with E-state index in [4.69, 9.17) is 0 Å². The molecule has 0 saturated heterocycles. The van der Waals surface area contributed by atoms with Crippen LogP contribution in [0, 0.1) is 0 Å². The Bertz CT molecular complexity index is 355. The zero-order chi connectivity index (χ0) is 12.7. The molecule has 0 aliphatic rings. The summed E-state index contributed by atoms with van der Waals surface area (Å²) in [4.78, 5) is 0. The van der Waals surface area contributed by atoms with Gasteiger partial charge < -0.3 is 0 Å². The van der Waals surface area contributed by atoms with Gasteiger partial charge in [-0.1, -0.05) is 48.1 Å². The van der Waals surface area contributed by atoms with Gasteiger partial charge in [-0.05, 0) is 52.2 Å². The molecule has 0 fully saturated rings. The van der Waals surface area contributed by atoms with Crippen molar-refractivity contribution in [1.82, 2.24) is 0 Å². The maximum absolute atomic E-state index is 4.14. The highest BCUT2D eigenvalue weighted by atomic mass is 14.1. The second kappa shape index (κ2) is 7.05. The molecule has 0 amide bonds. The molecule has 0 rings (SSSR count). The molecule has 0 heterocycles. The van der Waals surface area contributed by atoms with Crippen molar-refractivity contribution in [1.29, 1.82) is 0 Å². The van der Waals surface area contributed by atoms with Gasteiger partial charge in [-0.25, -0.2) is 0 Å². The summed E-state index contributed by atoms with van der Waals surface area (Å²) in [5.74, 6) is 0. The molecule has 0 N–H and O–H groups in total. The van der Waals surface area contributed by atoms with E-state index in [0.717, 1.165) is 12.0 Å². The zero-order valence-electron chi connectivity index (χ0n) is 11.4. The Kier molecular flexibility index (Phi) is 6.48. The molecule has 16 heavy (non-hydrogen) atoms. The molecule has 0 aliphatic heterocycles. The summed E-state index contributed by atoms with van der Waals surface area (Å²) in [6.45, 7) is 18.5. The predicted octanol–water partition coefficient (Wildman–Crippen LogP) is 5.37. The lowest BCUT2D eigenvalue weighted by Gasteiger charge is -2.08. The minimum atomic E-state index is 0.947. The number of rotatable bonds is 5. The van der Waals surface area contributed by atoms with Gasteiger partial charge in [0.1, 0.15) is 0 Å². The van der Waals surface area contributed by atoms with Crippen molar-refractivity contribution >= 4 is 0 Å². The van der Waals surface area contributed by atoms with Crippen molar-refractivity contribution in [2.45, 2.75) is 41.0 Å². The molecule has 0 heteroatoms. The largest absolute Gasteiger partial charge is 0.0961 e. The molecule has 0 saturated carbocycles. The minimum absolute atomic E-state index is 0.947. The van der Waals surface area contributed by atoms with Gasteiger partial charge in [0.05, 0.1) is 0 Å². The lowest BCUT2D eigenvalue weighted by molar-refractivity contribution is 1.08. The quantitative estimate of drug-likeness (QED) is 0.428. The summed E-state index contributed by atoms with van der Waals surface area (Å²) in [6, 6.07) is 0. The van der Waals surface area contributed by atoms with E-state index in [1.165, 1.54) is 22.3 Å². The van der Waals surface area contributed by atoms with Crippen molar-refractivity contribution in [2.75, 3.05) is 0 Å². The minimum Gasteiger partial charge on any atom is -0.0961 e. The van der Waals surface area contributed by atoms with E-state index >= 15 is 0 Å². The van der Waals surface area contributed by atoms with Gasteiger partial charge in [-0.2, -0.15) is 0 Å². The van der Waals surface area contributed by atoms with Crippen LogP contribution >= 0.6 is 0 Å². The first-order chi connectivity index (χ1) is 7.38. The van der Waals surface area contributed by atoms with Crippen LogP contribution in [0.15, 0.2) is 59.3 Å². The summed E-state index contributed by atoms with van der Waals surface area (Å²) in [6.07, 6.45) is 7.16. The number of hydrogen-bond donors (Lipinski definition) is 0. The molecule has 88 valence electrons. The van der Waals surface area contributed by atoms with E-state index in [1.807, 2.05) is 19.9 Å². The van der Waals surface area contributed by atoms with E-state index in [0.29, 0.717) is 0 Å². The van der Waals surface area contributed by atoms with Crippen molar-refractivity contribution < 1.29 is 0 Å². The molecule has 0 spiro atoms. The molecule has 0 radical (unpaired) electrons. The van der Waals surface area contributed by atoms with E-state index in [2.05, 4.69) is 46.1 Å². The fourth-order valence-corrected chi connectivity index (χ4v) is 1.25. The van der Waals surface area contributed by atoms with Crippen LogP contribution in [0.5, 0.6) is 0 Å². The first-order valence-electron chi connectivity index (χ1n) is 5.69. The smallest absolute Gasteiger partial charge is 0.00675 e. The van der Waals surface area contributed by atoms with Gasteiger partial charge in [0.15, 0.2) is 0 Å². The van der Waals surface area contributed by atoms with Gasteiger partial charge in [-0.15, -0.1) is 0 Å². The Morgan fingerprint density at radius 2 is 1.56 bits per heavy atom. The first-order valence-corrected chi connectivity index (χ1v) is 5.69. The summed E-state index contributed by atoms with van der Waals surface area (Å²) < 4.78 is 0. The molecular formula is C16H24. The molecule has 0 bridgehead atoms. The Labute approximate surface area is 101 Å². The Hall–Kier alpha value is -1.30. The van der Waals surface area contributed by atoms with E-state index in [9.17, 15) is 0 Å². The summed E-state index contributed by atoms with van der Waals surface area (Å²) in [7, 11) is 0. The third-order valence-electron chi connectivity index (χ3n) is 2.60. The van der Waals surface area contributed by atoms with Crippen LogP contribution in [0.25, 0.3) is 0 Å². The number of hydrogen-bond acceptors (Lipinski definition) is 0. The average Bonchev–Trinajstić information content (AvgIpc) is 2.17. The Morgan fingerprint density at radius 3 is 1.94 bits per heavy atom. The molecule has 0 aromatic carbocycles. The van der Waals surface area contributed by atoms with Crippen molar-refractivity contribution in [3.8, 4) is 0 Å². The zero-order valence-corrected chi connectivity index (χ0v) is 11.4. The fourth-order valence-electron chi connectivity index (χ4n) is 1.25. The normalized spacial score (nSPS) is 11.7. The second-order valence-electron chi connectivity index (χ2n) is 4.48. The topological polar surface area (TPSA) is 0 Å². The molecule has 0 aliphatic carbocycles. The summed E-state index contributed by atoms with van der Waals surface area (Å²) in [5.41, 5.74) is 6.20. The maximum atomic E-state index is 4.14. The van der Waals surface area contributed by atoms with Crippen LogP contribution < -0.4 is 0 Å². The molecule has 0 unspecified atom stereocenters. The first kappa shape index (κ1) is 14.7. The molecule has 0 nitrogen and oxygen atoms in total. The van der Waals surface area contributed by atoms with Crippen LogP contribution in [0.4, 0.5) is 0 Å². The SMILES string of the molecule is C=C(C)/C=C\C(=C/C)C(=C)CC(C)=C(C)C. The van der Waals surface area contributed by atoms with Gasteiger partial charge in [0, 0.05) is 0 Å². The van der Waals surface area contributed by atoms with Crippen LogP contribution in [-0.4, -0.2) is 0 Å². The Morgan fingerprint density at radius 1 is 1.00 bits per heavy atom. The van der Waals surface area contributed by atoms with E-state index < -0.39 is 0 Å². The van der Waals surface area contributed by atoms with Crippen LogP contribution in [0.1, 0.15) is 41.0 Å². The molecule has 0 aromatic heterocycles. The monoisotopic (exact) mass is 216 g/mol. The third kappa shape index (κ3) is 5.55. The van der Waals surface area contributed by atoms with Gasteiger partial charge >= 0.3 is 0 Å². The number of allylic oxidation sites excluding steroid dienone is 8. The standard InChI is InChI=1S/C16H24/c1-8-16(10-9-12(2)3)15(7)11-14(6)13(4)5/h8-10H,2,7,11H2,1,3-6H3/b10-9-,16-8+. The highest BCUT2D eigenvalue weighted by molar-refractivity contribution is 5.41. The lowest BCUT2D eigenvalue weighted by atomic mass is 9.97. The van der Waals surface area contributed by atoms with E-state index in [1.54, 1.807) is 0 Å².